The molecule has 1 rings (SSSR count). The van der Waals surface area contributed by atoms with Crippen LogP contribution in [0.1, 0.15) is 13.3 Å². The third-order valence-electron chi connectivity index (χ3n) is 1.68. The fourth-order valence-electron chi connectivity index (χ4n) is 1.02. The lowest BCUT2D eigenvalue weighted by molar-refractivity contribution is -0.145. The van der Waals surface area contributed by atoms with E-state index < -0.39 is 5.97 Å². The molecule has 1 heterocycles. The Hall–Kier alpha value is -1.91. The number of hydrogen-bond acceptors (Lipinski definition) is 5. The van der Waals surface area contributed by atoms with Crippen LogP contribution in [0, 0.1) is 0 Å². The second kappa shape index (κ2) is 6.55. The minimum Gasteiger partial charge on any atom is -0.484 e. The summed E-state index contributed by atoms with van der Waals surface area (Å²) < 4.78 is 9.76. The summed E-state index contributed by atoms with van der Waals surface area (Å²) in [6, 6.07) is 3.38. The molecule has 0 aliphatic rings. The Labute approximate surface area is 93.4 Å². The van der Waals surface area contributed by atoms with E-state index in [-0.39, 0.29) is 25.4 Å². The number of pyridine rings is 1. The van der Waals surface area contributed by atoms with Gasteiger partial charge in [0.1, 0.15) is 18.8 Å². The van der Waals surface area contributed by atoms with Crippen LogP contribution in [0.4, 0.5) is 0 Å². The predicted molar refractivity (Wildman–Crippen MR) is 56.0 cm³/mol. The Kier molecular flexibility index (Phi) is 4.98. The topological polar surface area (TPSA) is 65.5 Å². The first-order valence-electron chi connectivity index (χ1n) is 4.92. The van der Waals surface area contributed by atoms with Gasteiger partial charge in [-0.05, 0) is 19.1 Å². The summed E-state index contributed by atoms with van der Waals surface area (Å²) >= 11 is 0. The van der Waals surface area contributed by atoms with Gasteiger partial charge in [-0.2, -0.15) is 0 Å². The van der Waals surface area contributed by atoms with Crippen molar-refractivity contribution in [1.82, 2.24) is 4.98 Å². The van der Waals surface area contributed by atoms with E-state index in [2.05, 4.69) is 9.72 Å². The molecule has 0 atom stereocenters. The van der Waals surface area contributed by atoms with Gasteiger partial charge in [-0.1, -0.05) is 0 Å². The molecule has 0 bridgehead atoms. The van der Waals surface area contributed by atoms with Crippen LogP contribution in [0.15, 0.2) is 24.5 Å². The maximum atomic E-state index is 11.3. The van der Waals surface area contributed by atoms with Gasteiger partial charge in [-0.25, -0.2) is 0 Å². The van der Waals surface area contributed by atoms with Crippen molar-refractivity contribution in [2.45, 2.75) is 13.3 Å². The molecule has 1 aromatic rings. The average molecular weight is 223 g/mol. The molecular formula is C11H13NO4. The predicted octanol–water partition coefficient (Wildman–Crippen LogP) is 0.983. The van der Waals surface area contributed by atoms with Crippen LogP contribution >= 0.6 is 0 Å². The number of ether oxygens (including phenoxy) is 2. The van der Waals surface area contributed by atoms with Gasteiger partial charge in [-0.15, -0.1) is 0 Å². The van der Waals surface area contributed by atoms with Crippen LogP contribution in [-0.4, -0.2) is 30.0 Å². The third kappa shape index (κ3) is 4.54. The van der Waals surface area contributed by atoms with Gasteiger partial charge in [-0.3, -0.25) is 14.6 Å². The largest absolute Gasteiger partial charge is 0.484 e. The van der Waals surface area contributed by atoms with Crippen molar-refractivity contribution in [3.05, 3.63) is 24.5 Å². The Morgan fingerprint density at radius 2 is 2.25 bits per heavy atom. The standard InChI is InChI=1S/C11H13NO4/c1-2-15-11(14)6-9(13)8-16-10-4-3-5-12-7-10/h3-5,7H,2,6,8H2,1H3. The summed E-state index contributed by atoms with van der Waals surface area (Å²) in [6.07, 6.45) is 2.85. The molecule has 1 aromatic heterocycles. The molecule has 0 aliphatic carbocycles. The van der Waals surface area contributed by atoms with Crippen molar-refractivity contribution < 1.29 is 19.1 Å². The first kappa shape index (κ1) is 12.2. The fourth-order valence-corrected chi connectivity index (χ4v) is 1.02. The average Bonchev–Trinajstić information content (AvgIpc) is 2.28. The van der Waals surface area contributed by atoms with Gasteiger partial charge in [0.15, 0.2) is 5.78 Å². The quantitative estimate of drug-likeness (QED) is 0.531. The van der Waals surface area contributed by atoms with E-state index in [0.717, 1.165) is 0 Å². The molecule has 0 fully saturated rings. The van der Waals surface area contributed by atoms with Crippen molar-refractivity contribution in [2.75, 3.05) is 13.2 Å². The van der Waals surface area contributed by atoms with Gasteiger partial charge in [0, 0.05) is 6.20 Å². The highest BCUT2D eigenvalue weighted by molar-refractivity contribution is 5.96. The van der Waals surface area contributed by atoms with Crippen LogP contribution in [-0.2, 0) is 14.3 Å². The summed E-state index contributed by atoms with van der Waals surface area (Å²) in [5.41, 5.74) is 0. The first-order valence-corrected chi connectivity index (χ1v) is 4.92. The van der Waals surface area contributed by atoms with Crippen molar-refractivity contribution in [3.63, 3.8) is 0 Å². The van der Waals surface area contributed by atoms with Crippen molar-refractivity contribution in [3.8, 4) is 5.75 Å². The molecule has 0 aliphatic heterocycles. The number of carbonyl (C=O) groups excluding carboxylic acids is 2. The third-order valence-corrected chi connectivity index (χ3v) is 1.68. The Morgan fingerprint density at radius 3 is 2.88 bits per heavy atom. The smallest absolute Gasteiger partial charge is 0.313 e. The zero-order chi connectivity index (χ0) is 11.8. The molecule has 0 radical (unpaired) electrons. The van der Waals surface area contributed by atoms with Crippen molar-refractivity contribution in [2.24, 2.45) is 0 Å². The van der Waals surface area contributed by atoms with E-state index in [4.69, 9.17) is 4.74 Å². The van der Waals surface area contributed by atoms with Crippen LogP contribution in [0.25, 0.3) is 0 Å². The molecular weight excluding hydrogens is 210 g/mol. The maximum Gasteiger partial charge on any atom is 0.313 e. The second-order valence-electron chi connectivity index (χ2n) is 3.00. The highest BCUT2D eigenvalue weighted by Gasteiger charge is 2.10. The summed E-state index contributed by atoms with van der Waals surface area (Å²) in [7, 11) is 0. The van der Waals surface area contributed by atoms with Gasteiger partial charge in [0.05, 0.1) is 12.8 Å². The number of hydrogen-bond donors (Lipinski definition) is 0. The van der Waals surface area contributed by atoms with Crippen LogP contribution in [0.3, 0.4) is 0 Å². The zero-order valence-electron chi connectivity index (χ0n) is 9.01. The van der Waals surface area contributed by atoms with Gasteiger partial charge in [0.2, 0.25) is 0 Å². The van der Waals surface area contributed by atoms with Crippen LogP contribution in [0.2, 0.25) is 0 Å². The van der Waals surface area contributed by atoms with Gasteiger partial charge >= 0.3 is 5.97 Å². The Balaban J connectivity index is 2.28. The van der Waals surface area contributed by atoms with E-state index in [1.807, 2.05) is 0 Å². The molecule has 16 heavy (non-hydrogen) atoms. The first-order chi connectivity index (χ1) is 7.72. The molecule has 5 nitrogen and oxygen atoms in total. The molecule has 0 saturated carbocycles. The molecule has 0 aromatic carbocycles. The maximum absolute atomic E-state index is 11.3. The molecule has 0 spiro atoms. The van der Waals surface area contributed by atoms with E-state index in [1.54, 1.807) is 25.3 Å². The summed E-state index contributed by atoms with van der Waals surface area (Å²) in [6.45, 7) is 1.81. The number of Topliss-reactive ketones (excluding diaryl/α,β-unsaturated/α-hetero) is 1. The summed E-state index contributed by atoms with van der Waals surface area (Å²) in [4.78, 5) is 26.0. The molecule has 86 valence electrons. The van der Waals surface area contributed by atoms with E-state index in [0.29, 0.717) is 5.75 Å². The SMILES string of the molecule is CCOC(=O)CC(=O)COc1cccnc1. The number of rotatable bonds is 6. The van der Waals surface area contributed by atoms with Crippen molar-refractivity contribution >= 4 is 11.8 Å². The molecule has 0 amide bonds. The monoisotopic (exact) mass is 223 g/mol. The Bertz CT molecular complexity index is 350. The Morgan fingerprint density at radius 1 is 1.44 bits per heavy atom. The number of ketones is 1. The molecule has 0 unspecified atom stereocenters. The molecule has 5 heteroatoms. The van der Waals surface area contributed by atoms with E-state index >= 15 is 0 Å². The minimum atomic E-state index is -0.526. The van der Waals surface area contributed by atoms with Gasteiger partial charge in [0.25, 0.3) is 0 Å². The highest BCUT2D eigenvalue weighted by Crippen LogP contribution is 2.06. The zero-order valence-corrected chi connectivity index (χ0v) is 9.01. The lowest BCUT2D eigenvalue weighted by Crippen LogP contribution is -2.17. The van der Waals surface area contributed by atoms with E-state index in [9.17, 15) is 9.59 Å². The molecule has 0 saturated heterocycles. The number of carbonyl (C=O) groups is 2. The van der Waals surface area contributed by atoms with Crippen molar-refractivity contribution in [1.29, 1.82) is 0 Å². The second-order valence-corrected chi connectivity index (χ2v) is 3.00. The normalized spacial score (nSPS) is 9.56. The number of esters is 1. The van der Waals surface area contributed by atoms with Crippen LogP contribution in [0.5, 0.6) is 5.75 Å². The van der Waals surface area contributed by atoms with E-state index in [1.165, 1.54) is 6.20 Å². The van der Waals surface area contributed by atoms with Gasteiger partial charge < -0.3 is 9.47 Å². The summed E-state index contributed by atoms with van der Waals surface area (Å²) in [5, 5.41) is 0. The molecule has 0 N–H and O–H groups in total. The summed E-state index contributed by atoms with van der Waals surface area (Å²) in [5.74, 6) is -0.343. The number of nitrogens with zero attached hydrogens (tertiary/aromatic N) is 1. The number of aromatic nitrogens is 1. The lowest BCUT2D eigenvalue weighted by atomic mass is 10.3. The lowest BCUT2D eigenvalue weighted by Gasteiger charge is -2.04. The fraction of sp³-hybridized carbons (Fsp3) is 0.364. The van der Waals surface area contributed by atoms with Crippen LogP contribution < -0.4 is 4.74 Å². The highest BCUT2D eigenvalue weighted by atomic mass is 16.5. The minimum absolute atomic E-state index is 0.148.